The Kier molecular flexibility index (Phi) is 4.70. The largest absolute Gasteiger partial charge is 0.280 e. The summed E-state index contributed by atoms with van der Waals surface area (Å²) in [6, 6.07) is 10.2. The van der Waals surface area contributed by atoms with Gasteiger partial charge in [0.2, 0.25) is 0 Å². The van der Waals surface area contributed by atoms with Gasteiger partial charge in [0.05, 0.1) is 21.0 Å². The van der Waals surface area contributed by atoms with Crippen molar-refractivity contribution in [1.82, 2.24) is 10.4 Å². The summed E-state index contributed by atoms with van der Waals surface area (Å²) in [5.41, 5.74) is 0.859. The SMILES string of the molecule is O=C(NN1C(=O)c2cc([N+](=O)[O-])cc3cc([N+](=O)[O-])cc(c23)C1=O)c1cccc(Br)c1. The summed E-state index contributed by atoms with van der Waals surface area (Å²) in [5, 5.41) is 23.0. The van der Waals surface area contributed by atoms with E-state index in [-0.39, 0.29) is 27.5 Å². The average molecular weight is 485 g/mol. The molecule has 0 saturated heterocycles. The number of hydrogen-bond acceptors (Lipinski definition) is 7. The molecule has 0 unspecified atom stereocenters. The van der Waals surface area contributed by atoms with Crippen LogP contribution in [0.4, 0.5) is 11.4 Å². The predicted octanol–water partition coefficient (Wildman–Crippen LogP) is 3.36. The number of nitrogens with zero attached hydrogens (tertiary/aromatic N) is 3. The number of amides is 3. The molecule has 3 aromatic carbocycles. The van der Waals surface area contributed by atoms with Gasteiger partial charge in [-0.2, -0.15) is 5.01 Å². The van der Waals surface area contributed by atoms with Crippen LogP contribution in [0, 0.1) is 20.2 Å². The van der Waals surface area contributed by atoms with E-state index >= 15 is 0 Å². The molecule has 154 valence electrons. The third kappa shape index (κ3) is 3.38. The van der Waals surface area contributed by atoms with E-state index in [9.17, 15) is 34.6 Å². The molecular weight excluding hydrogens is 476 g/mol. The Balaban J connectivity index is 1.87. The van der Waals surface area contributed by atoms with Gasteiger partial charge in [-0.15, -0.1) is 0 Å². The molecule has 1 heterocycles. The Morgan fingerprint density at radius 3 is 1.94 bits per heavy atom. The van der Waals surface area contributed by atoms with Crippen LogP contribution in [0.2, 0.25) is 0 Å². The summed E-state index contributed by atoms with van der Waals surface area (Å²) in [4.78, 5) is 59.5. The van der Waals surface area contributed by atoms with Crippen molar-refractivity contribution in [2.24, 2.45) is 0 Å². The Morgan fingerprint density at radius 1 is 0.903 bits per heavy atom. The Hall–Kier alpha value is -4.19. The number of hydrazine groups is 1. The van der Waals surface area contributed by atoms with Crippen LogP contribution < -0.4 is 5.43 Å². The molecule has 3 aromatic rings. The van der Waals surface area contributed by atoms with Crippen molar-refractivity contribution in [3.8, 4) is 0 Å². The van der Waals surface area contributed by atoms with E-state index in [0.29, 0.717) is 9.48 Å². The highest BCUT2D eigenvalue weighted by molar-refractivity contribution is 9.10. The third-order valence-electron chi connectivity index (χ3n) is 4.61. The zero-order valence-electron chi connectivity index (χ0n) is 15.2. The number of non-ortho nitro benzene ring substituents is 2. The summed E-state index contributed by atoms with van der Waals surface area (Å²) < 4.78 is 0.581. The lowest BCUT2D eigenvalue weighted by molar-refractivity contribution is -0.385. The molecule has 0 aromatic heterocycles. The molecule has 4 rings (SSSR count). The molecule has 1 aliphatic rings. The summed E-state index contributed by atoms with van der Waals surface area (Å²) >= 11 is 3.21. The molecule has 0 fully saturated rings. The topological polar surface area (TPSA) is 153 Å². The molecule has 0 atom stereocenters. The number of nitro benzene ring substituents is 2. The van der Waals surface area contributed by atoms with Gasteiger partial charge in [-0.3, -0.25) is 40.0 Å². The number of hydrogen-bond donors (Lipinski definition) is 1. The van der Waals surface area contributed by atoms with Gasteiger partial charge in [0, 0.05) is 39.7 Å². The Morgan fingerprint density at radius 2 is 1.45 bits per heavy atom. The van der Waals surface area contributed by atoms with Gasteiger partial charge in [0.25, 0.3) is 29.1 Å². The number of halogens is 1. The van der Waals surface area contributed by atoms with Crippen molar-refractivity contribution < 1.29 is 24.2 Å². The first-order valence-corrected chi connectivity index (χ1v) is 9.32. The van der Waals surface area contributed by atoms with E-state index in [1.165, 1.54) is 12.1 Å². The van der Waals surface area contributed by atoms with Crippen LogP contribution in [-0.2, 0) is 0 Å². The second-order valence-corrected chi connectivity index (χ2v) is 7.41. The number of nitro groups is 2. The van der Waals surface area contributed by atoms with Crippen molar-refractivity contribution in [2.75, 3.05) is 0 Å². The van der Waals surface area contributed by atoms with Gasteiger partial charge in [0.15, 0.2) is 0 Å². The second kappa shape index (κ2) is 7.25. The number of carbonyl (C=O) groups is 3. The molecular formula is C19H9BrN4O7. The van der Waals surface area contributed by atoms with E-state index in [2.05, 4.69) is 21.4 Å². The quantitative estimate of drug-likeness (QED) is 0.338. The highest BCUT2D eigenvalue weighted by Gasteiger charge is 2.37. The van der Waals surface area contributed by atoms with Crippen LogP contribution >= 0.6 is 15.9 Å². The molecule has 0 aliphatic carbocycles. The summed E-state index contributed by atoms with van der Waals surface area (Å²) in [6.07, 6.45) is 0. The van der Waals surface area contributed by atoms with E-state index in [1.807, 2.05) is 0 Å². The second-order valence-electron chi connectivity index (χ2n) is 6.50. The predicted molar refractivity (Wildman–Crippen MR) is 109 cm³/mol. The standard InChI is InChI=1S/C19H9BrN4O7/c20-11-3-1-2-9(4-11)17(25)21-22-18(26)14-7-12(23(28)29)5-10-6-13(24(30)31)8-15(16(10)14)19(22)27/h1-8H,(H,21,25). The van der Waals surface area contributed by atoms with Crippen molar-refractivity contribution in [3.63, 3.8) is 0 Å². The molecule has 1 aliphatic heterocycles. The van der Waals surface area contributed by atoms with Crippen LogP contribution in [-0.4, -0.2) is 32.6 Å². The molecule has 11 nitrogen and oxygen atoms in total. The van der Waals surface area contributed by atoms with Crippen molar-refractivity contribution in [2.45, 2.75) is 0 Å². The maximum atomic E-state index is 13.0. The fourth-order valence-corrected chi connectivity index (χ4v) is 3.66. The molecule has 0 spiro atoms. The minimum atomic E-state index is -0.997. The van der Waals surface area contributed by atoms with E-state index in [1.54, 1.807) is 12.1 Å². The van der Waals surface area contributed by atoms with Crippen molar-refractivity contribution in [3.05, 3.63) is 89.9 Å². The van der Waals surface area contributed by atoms with Crippen LogP contribution in [0.5, 0.6) is 0 Å². The zero-order chi connectivity index (χ0) is 22.4. The Bertz CT molecular complexity index is 1290. The third-order valence-corrected chi connectivity index (χ3v) is 5.10. The number of benzene rings is 3. The monoisotopic (exact) mass is 484 g/mol. The minimum Gasteiger partial charge on any atom is -0.267 e. The van der Waals surface area contributed by atoms with Crippen molar-refractivity contribution in [1.29, 1.82) is 0 Å². The number of imide groups is 1. The average Bonchev–Trinajstić information content (AvgIpc) is 2.73. The highest BCUT2D eigenvalue weighted by atomic mass is 79.9. The van der Waals surface area contributed by atoms with Crippen molar-refractivity contribution >= 4 is 55.8 Å². The first-order chi connectivity index (χ1) is 14.7. The lowest BCUT2D eigenvalue weighted by atomic mass is 9.93. The lowest BCUT2D eigenvalue weighted by Crippen LogP contribution is -2.51. The first kappa shape index (κ1) is 20.1. The van der Waals surface area contributed by atoms with Crippen LogP contribution in [0.1, 0.15) is 31.1 Å². The minimum absolute atomic E-state index is 0.00642. The first-order valence-electron chi connectivity index (χ1n) is 8.53. The summed E-state index contributed by atoms with van der Waals surface area (Å²) in [7, 11) is 0. The number of rotatable bonds is 4. The highest BCUT2D eigenvalue weighted by Crippen LogP contribution is 2.35. The number of nitrogens with one attached hydrogen (secondary N) is 1. The molecule has 0 bridgehead atoms. The normalized spacial score (nSPS) is 12.7. The van der Waals surface area contributed by atoms with Crippen LogP contribution in [0.3, 0.4) is 0 Å². The maximum absolute atomic E-state index is 13.0. The lowest BCUT2D eigenvalue weighted by Gasteiger charge is -2.27. The van der Waals surface area contributed by atoms with Crippen LogP contribution in [0.15, 0.2) is 53.0 Å². The maximum Gasteiger partial charge on any atom is 0.280 e. The summed E-state index contributed by atoms with van der Waals surface area (Å²) in [5.74, 6) is -2.79. The van der Waals surface area contributed by atoms with Gasteiger partial charge in [-0.25, -0.2) is 0 Å². The van der Waals surface area contributed by atoms with E-state index in [4.69, 9.17) is 0 Å². The van der Waals surface area contributed by atoms with E-state index in [0.717, 1.165) is 24.3 Å². The Labute approximate surface area is 180 Å². The molecule has 1 N–H and O–H groups in total. The number of carbonyl (C=O) groups excluding carboxylic acids is 3. The van der Waals surface area contributed by atoms with Gasteiger partial charge in [-0.1, -0.05) is 22.0 Å². The zero-order valence-corrected chi connectivity index (χ0v) is 16.8. The van der Waals surface area contributed by atoms with Gasteiger partial charge in [0.1, 0.15) is 0 Å². The smallest absolute Gasteiger partial charge is 0.267 e. The van der Waals surface area contributed by atoms with Gasteiger partial charge < -0.3 is 0 Å². The molecule has 0 saturated carbocycles. The van der Waals surface area contributed by atoms with Crippen LogP contribution in [0.25, 0.3) is 10.8 Å². The molecule has 31 heavy (non-hydrogen) atoms. The summed E-state index contributed by atoms with van der Waals surface area (Å²) in [6.45, 7) is 0. The fraction of sp³-hybridized carbons (Fsp3) is 0. The van der Waals surface area contributed by atoms with Gasteiger partial charge >= 0.3 is 0 Å². The molecule has 12 heteroatoms. The van der Waals surface area contributed by atoms with E-state index < -0.39 is 38.9 Å². The molecule has 3 amide bonds. The van der Waals surface area contributed by atoms with Gasteiger partial charge in [-0.05, 0) is 23.6 Å². The molecule has 0 radical (unpaired) electrons. The fourth-order valence-electron chi connectivity index (χ4n) is 3.26.